The van der Waals surface area contributed by atoms with Gasteiger partial charge in [0.05, 0.1) is 6.61 Å². The maximum Gasteiger partial charge on any atom is 1.00 e. The molecule has 0 aromatic carbocycles. The average molecular weight is 408 g/mol. The van der Waals surface area contributed by atoms with E-state index in [4.69, 9.17) is 11.7 Å². The molecule has 0 fully saturated rings. The van der Waals surface area contributed by atoms with Crippen molar-refractivity contribution < 1.29 is 93.6 Å². The van der Waals surface area contributed by atoms with Crippen molar-refractivity contribution in [2.75, 3.05) is 27.8 Å². The summed E-state index contributed by atoms with van der Waals surface area (Å²) in [6, 6.07) is 0. The van der Waals surface area contributed by atoms with Gasteiger partial charge in [-0.15, -0.1) is 0 Å². The van der Waals surface area contributed by atoms with Gasteiger partial charge >= 0.3 is 59.1 Å². The molecule has 0 heterocycles. The first kappa shape index (κ1) is 50.4. The van der Waals surface area contributed by atoms with E-state index in [-0.39, 0.29) is 81.9 Å². The van der Waals surface area contributed by atoms with Crippen LogP contribution in [0, 0.1) is 6.58 Å². The number of carbonyl (C=O) groups excluding carboxylic acids is 4. The second-order valence-corrected chi connectivity index (χ2v) is 4.13. The molecule has 0 spiro atoms. The number of carbonyl (C=O) groups is 4. The quantitative estimate of drug-likeness (QED) is 0.191. The molecular weight excluding hydrogens is 376 g/mol. The first-order chi connectivity index (χ1) is 11.0. The predicted molar refractivity (Wildman–Crippen MR) is 95.0 cm³/mol. The van der Waals surface area contributed by atoms with E-state index in [0.717, 1.165) is 13.2 Å². The standard InChI is InChI=1S/C6H11NO.C4H5O.C3H6O2.C3H6O.CH3O.2Na.H2O/c1-6(8)4-5-7(2)3;1-3-4(2)5;1-2-5-3-4;1-3(2)4;1-2;;;/h4-5H,1-3H3;1,3H,2H3;3H,2H2,1H3;1-2H3;1H3;;;1H2/q;-1;;;-1;2*+1;/p-1/b5-4+;;;;;;;. The van der Waals surface area contributed by atoms with Crippen LogP contribution in [0.25, 0.3) is 0 Å². The average Bonchev–Trinajstić information content (AvgIpc) is 2.48. The zero-order chi connectivity index (χ0) is 20.6. The van der Waals surface area contributed by atoms with Gasteiger partial charge < -0.3 is 29.8 Å². The number of hydrogen-bond acceptors (Lipinski definition) is 8. The monoisotopic (exact) mass is 408 g/mol. The fraction of sp³-hybridized carbons (Fsp3) is 0.529. The largest absolute Gasteiger partial charge is 1.00 e. The summed E-state index contributed by atoms with van der Waals surface area (Å²) in [6.07, 6.45) is 4.28. The van der Waals surface area contributed by atoms with E-state index in [1.165, 1.54) is 33.8 Å². The minimum Gasteiger partial charge on any atom is -0.870 e. The van der Waals surface area contributed by atoms with Gasteiger partial charge in [0.15, 0.2) is 5.78 Å². The Hall–Kier alpha value is -0.320. The summed E-state index contributed by atoms with van der Waals surface area (Å²) in [4.78, 5) is 40.3. The minimum absolute atomic E-state index is 0. The molecule has 0 saturated heterocycles. The Morgan fingerprint density at radius 1 is 1.00 bits per heavy atom. The van der Waals surface area contributed by atoms with Crippen LogP contribution in [0.4, 0.5) is 0 Å². The molecule has 0 amide bonds. The molecule has 0 unspecified atom stereocenters. The van der Waals surface area contributed by atoms with Crippen LogP contribution >= 0.6 is 0 Å². The van der Waals surface area contributed by atoms with Crippen LogP contribution in [0.15, 0.2) is 18.4 Å². The Labute approximate surface area is 208 Å². The van der Waals surface area contributed by atoms with Gasteiger partial charge in [-0.25, -0.2) is 6.08 Å². The Morgan fingerprint density at radius 3 is 1.33 bits per heavy atom. The van der Waals surface area contributed by atoms with Crippen LogP contribution in [-0.2, 0) is 23.9 Å². The van der Waals surface area contributed by atoms with Gasteiger partial charge in [0.2, 0.25) is 0 Å². The van der Waals surface area contributed by atoms with Crippen molar-refractivity contribution in [3.8, 4) is 0 Å². The second-order valence-electron chi connectivity index (χ2n) is 4.13. The topological polar surface area (TPSA) is 134 Å². The molecule has 150 valence electrons. The van der Waals surface area contributed by atoms with E-state index >= 15 is 0 Å². The van der Waals surface area contributed by atoms with Crippen molar-refractivity contribution in [2.24, 2.45) is 0 Å². The normalized spacial score (nSPS) is 6.56. The molecular formula is C17H32NNa2O7-. The maximum absolute atomic E-state index is 10.2. The van der Waals surface area contributed by atoms with Gasteiger partial charge in [-0.1, -0.05) is 6.92 Å². The van der Waals surface area contributed by atoms with Crippen molar-refractivity contribution in [1.29, 1.82) is 0 Å². The van der Waals surface area contributed by atoms with Gasteiger partial charge in [0.1, 0.15) is 5.78 Å². The van der Waals surface area contributed by atoms with Crippen LogP contribution in [0.2, 0.25) is 0 Å². The molecule has 0 radical (unpaired) electrons. The van der Waals surface area contributed by atoms with Crippen LogP contribution in [0.1, 0.15) is 34.6 Å². The third-order valence-electron chi connectivity index (χ3n) is 1.08. The van der Waals surface area contributed by atoms with Gasteiger partial charge in [-0.3, -0.25) is 16.2 Å². The zero-order valence-corrected chi connectivity index (χ0v) is 22.4. The molecule has 0 aromatic heterocycles. The SMILES string of the molecule is CC(=O)/C=C/N(C)C.CC(C)=O.CCOC=O.C[O-].[CH-]=CC(C)=O.[Na+].[Na+].[OH-]. The van der Waals surface area contributed by atoms with Crippen molar-refractivity contribution in [1.82, 2.24) is 4.90 Å². The summed E-state index contributed by atoms with van der Waals surface area (Å²) in [5.41, 5.74) is 0. The molecule has 10 heteroatoms. The number of rotatable bonds is 5. The van der Waals surface area contributed by atoms with Gasteiger partial charge in [-0.2, -0.15) is 7.11 Å². The first-order valence-corrected chi connectivity index (χ1v) is 6.88. The van der Waals surface area contributed by atoms with Crippen LogP contribution in [0.3, 0.4) is 0 Å². The van der Waals surface area contributed by atoms with Crippen molar-refractivity contribution in [2.45, 2.75) is 34.6 Å². The Morgan fingerprint density at radius 2 is 1.30 bits per heavy atom. The molecule has 27 heavy (non-hydrogen) atoms. The molecule has 0 aliphatic heterocycles. The summed E-state index contributed by atoms with van der Waals surface area (Å²) in [5, 5.41) is 8.25. The molecule has 0 bridgehead atoms. The zero-order valence-electron chi connectivity index (χ0n) is 18.4. The molecule has 1 N–H and O–H groups in total. The molecule has 0 rings (SSSR count). The first-order valence-electron chi connectivity index (χ1n) is 6.88. The van der Waals surface area contributed by atoms with Crippen molar-refractivity contribution in [3.63, 3.8) is 0 Å². The van der Waals surface area contributed by atoms with E-state index in [1.54, 1.807) is 13.1 Å². The van der Waals surface area contributed by atoms with Gasteiger partial charge in [0, 0.05) is 20.3 Å². The molecule has 8 nitrogen and oxygen atoms in total. The third kappa shape index (κ3) is 191. The molecule has 0 aliphatic rings. The summed E-state index contributed by atoms with van der Waals surface area (Å²) in [6.45, 7) is 13.3. The van der Waals surface area contributed by atoms with E-state index in [9.17, 15) is 19.2 Å². The number of nitrogens with zero attached hydrogens (tertiary/aromatic N) is 1. The fourth-order valence-electron chi connectivity index (χ4n) is 0.322. The predicted octanol–water partition coefficient (Wildman–Crippen LogP) is -5.20. The van der Waals surface area contributed by atoms with Gasteiger partial charge in [0.25, 0.3) is 6.47 Å². The van der Waals surface area contributed by atoms with E-state index in [1.807, 2.05) is 19.0 Å². The number of allylic oxidation sites excluding steroid dienone is 2. The molecule has 0 saturated carbocycles. The summed E-state index contributed by atoms with van der Waals surface area (Å²) < 4.78 is 4.15. The smallest absolute Gasteiger partial charge is 0.870 e. The minimum atomic E-state index is -0.0926. The number of ether oxygens (including phenoxy) is 1. The van der Waals surface area contributed by atoms with E-state index < -0.39 is 0 Å². The second kappa shape index (κ2) is 50.0. The van der Waals surface area contributed by atoms with E-state index in [0.29, 0.717) is 13.1 Å². The third-order valence-corrected chi connectivity index (χ3v) is 1.08. The molecule has 0 aromatic rings. The van der Waals surface area contributed by atoms with Crippen LogP contribution in [-0.4, -0.2) is 62.0 Å². The summed E-state index contributed by atoms with van der Waals surface area (Å²) >= 11 is 0. The van der Waals surface area contributed by atoms with Crippen LogP contribution < -0.4 is 64.2 Å². The summed E-state index contributed by atoms with van der Waals surface area (Å²) in [7, 11) is 4.50. The van der Waals surface area contributed by atoms with Crippen molar-refractivity contribution in [3.05, 3.63) is 24.9 Å². The van der Waals surface area contributed by atoms with Gasteiger partial charge in [-0.05, 0) is 39.6 Å². The fourth-order valence-corrected chi connectivity index (χ4v) is 0.322. The molecule has 0 aliphatic carbocycles. The number of ketones is 3. The Balaban J connectivity index is -0.0000000286. The summed E-state index contributed by atoms with van der Waals surface area (Å²) in [5.74, 6) is 0.156. The van der Waals surface area contributed by atoms with Crippen molar-refractivity contribution >= 4 is 23.8 Å². The van der Waals surface area contributed by atoms with Crippen LogP contribution in [0.5, 0.6) is 0 Å². The Kier molecular flexibility index (Phi) is 93.4. The molecule has 0 atom stereocenters. The number of Topliss-reactive ketones (excluding diaryl/α,β-unsaturated/α-hetero) is 1. The number of hydrogen-bond donors (Lipinski definition) is 0. The Bertz CT molecular complexity index is 357. The maximum atomic E-state index is 10.2. The van der Waals surface area contributed by atoms with E-state index in [2.05, 4.69) is 4.74 Å².